The predicted octanol–water partition coefficient (Wildman–Crippen LogP) is 4.73. The maximum absolute atomic E-state index is 13.5. The minimum absolute atomic E-state index is 0.0600. The Morgan fingerprint density at radius 2 is 1.66 bits per heavy atom. The van der Waals surface area contributed by atoms with Crippen molar-refractivity contribution in [1.82, 2.24) is 4.90 Å². The molecule has 1 unspecified atom stereocenters. The van der Waals surface area contributed by atoms with Gasteiger partial charge in [-0.1, -0.05) is 55.3 Å². The highest BCUT2D eigenvalue weighted by molar-refractivity contribution is 5.97. The van der Waals surface area contributed by atoms with Crippen molar-refractivity contribution in [3.05, 3.63) is 70.8 Å². The lowest BCUT2D eigenvalue weighted by atomic mass is 9.82. The first kappa shape index (κ1) is 19.7. The van der Waals surface area contributed by atoms with E-state index in [-0.39, 0.29) is 5.91 Å². The van der Waals surface area contributed by atoms with E-state index in [1.165, 1.54) is 25.7 Å². The van der Waals surface area contributed by atoms with E-state index in [1.807, 2.05) is 53.4 Å². The first-order chi connectivity index (χ1) is 14.0. The topological polar surface area (TPSA) is 57.6 Å². The molecule has 1 amide bonds. The molecule has 4 heteroatoms. The van der Waals surface area contributed by atoms with Crippen LogP contribution in [-0.4, -0.2) is 35.0 Å². The van der Waals surface area contributed by atoms with Crippen LogP contribution >= 0.6 is 0 Å². The molecule has 1 aliphatic heterocycles. The molecule has 1 N–H and O–H groups in total. The Balaban J connectivity index is 1.69. The third kappa shape index (κ3) is 4.07. The van der Waals surface area contributed by atoms with Gasteiger partial charge in [0.1, 0.15) is 0 Å². The summed E-state index contributed by atoms with van der Waals surface area (Å²) in [4.78, 5) is 27.3. The zero-order valence-corrected chi connectivity index (χ0v) is 17.0. The van der Waals surface area contributed by atoms with Crippen LogP contribution in [0.4, 0.5) is 0 Å². The largest absolute Gasteiger partial charge is 0.481 e. The average Bonchev–Trinajstić information content (AvgIpc) is 3.18. The van der Waals surface area contributed by atoms with Crippen LogP contribution in [0.2, 0.25) is 0 Å². The molecule has 4 rings (SSSR count). The van der Waals surface area contributed by atoms with E-state index >= 15 is 0 Å². The molecular weight excluding hydrogens is 362 g/mol. The summed E-state index contributed by atoms with van der Waals surface area (Å²) >= 11 is 0. The van der Waals surface area contributed by atoms with Gasteiger partial charge in [0, 0.05) is 18.7 Å². The van der Waals surface area contributed by atoms with Gasteiger partial charge in [0.05, 0.1) is 5.92 Å². The van der Waals surface area contributed by atoms with E-state index in [4.69, 9.17) is 0 Å². The van der Waals surface area contributed by atoms with Gasteiger partial charge in [-0.05, 0) is 60.8 Å². The normalized spacial score (nSPS) is 22.2. The number of carboxylic acids is 1. The first-order valence-electron chi connectivity index (χ1n) is 10.7. The van der Waals surface area contributed by atoms with E-state index in [0.29, 0.717) is 23.8 Å². The molecule has 3 atom stereocenters. The monoisotopic (exact) mass is 391 g/mol. The fraction of sp³-hybridized carbons (Fsp3) is 0.440. The van der Waals surface area contributed by atoms with Gasteiger partial charge < -0.3 is 10.0 Å². The maximum Gasteiger partial charge on any atom is 0.310 e. The Labute approximate surface area is 172 Å². The number of carboxylic acid groups (broad SMARTS) is 1. The summed E-state index contributed by atoms with van der Waals surface area (Å²) in [6.45, 7) is 3.38. The fourth-order valence-electron chi connectivity index (χ4n) is 5.08. The summed E-state index contributed by atoms with van der Waals surface area (Å²) < 4.78 is 0. The summed E-state index contributed by atoms with van der Waals surface area (Å²) in [5.41, 5.74) is 3.34. The van der Waals surface area contributed by atoms with Crippen LogP contribution in [0.3, 0.4) is 0 Å². The summed E-state index contributed by atoms with van der Waals surface area (Å²) in [5.74, 6) is -0.193. The quantitative estimate of drug-likeness (QED) is 0.802. The van der Waals surface area contributed by atoms with Crippen molar-refractivity contribution in [1.29, 1.82) is 0 Å². The lowest BCUT2D eigenvalue weighted by Crippen LogP contribution is -2.30. The van der Waals surface area contributed by atoms with E-state index in [9.17, 15) is 14.7 Å². The van der Waals surface area contributed by atoms with Crippen LogP contribution in [-0.2, 0) is 11.2 Å². The van der Waals surface area contributed by atoms with Gasteiger partial charge in [-0.25, -0.2) is 0 Å². The Hall–Kier alpha value is -2.62. The molecule has 1 saturated heterocycles. The fourth-order valence-corrected chi connectivity index (χ4v) is 5.08. The third-order valence-corrected chi connectivity index (χ3v) is 6.77. The van der Waals surface area contributed by atoms with Crippen LogP contribution in [0.1, 0.15) is 65.6 Å². The number of aliphatic carboxylic acids is 1. The van der Waals surface area contributed by atoms with Crippen LogP contribution in [0, 0.1) is 11.8 Å². The number of fused-ring (bicyclic) bond motifs is 1. The van der Waals surface area contributed by atoms with E-state index in [2.05, 4.69) is 0 Å². The predicted molar refractivity (Wildman–Crippen MR) is 113 cm³/mol. The van der Waals surface area contributed by atoms with Crippen molar-refractivity contribution in [3.8, 4) is 0 Å². The van der Waals surface area contributed by atoms with Gasteiger partial charge in [0.2, 0.25) is 0 Å². The molecule has 2 aliphatic rings. The molecule has 4 nitrogen and oxygen atoms in total. The third-order valence-electron chi connectivity index (χ3n) is 6.77. The zero-order valence-electron chi connectivity index (χ0n) is 17.0. The summed E-state index contributed by atoms with van der Waals surface area (Å²) in [5, 5.41) is 9.61. The highest BCUT2D eigenvalue weighted by Gasteiger charge is 2.37. The number of carbonyl (C=O) groups is 2. The second kappa shape index (κ2) is 8.40. The van der Waals surface area contributed by atoms with Gasteiger partial charge in [0.25, 0.3) is 5.91 Å². The van der Waals surface area contributed by atoms with Crippen molar-refractivity contribution in [2.45, 2.75) is 44.9 Å². The Kier molecular flexibility index (Phi) is 5.70. The van der Waals surface area contributed by atoms with Crippen LogP contribution < -0.4 is 0 Å². The molecule has 0 aromatic heterocycles. The van der Waals surface area contributed by atoms with Crippen LogP contribution in [0.25, 0.3) is 0 Å². The minimum atomic E-state index is -0.865. The number of amides is 1. The number of rotatable bonds is 5. The SMILES string of the molecule is CC(C(=O)O)c1cccc(C(=O)N2C[C@H]3CCCC[C@H]3C2)c1Cc1ccccc1. The Bertz CT molecular complexity index is 878. The molecule has 152 valence electrons. The lowest BCUT2D eigenvalue weighted by molar-refractivity contribution is -0.138. The van der Waals surface area contributed by atoms with Crippen molar-refractivity contribution in [2.75, 3.05) is 13.1 Å². The highest BCUT2D eigenvalue weighted by atomic mass is 16.4. The van der Waals surface area contributed by atoms with Crippen molar-refractivity contribution in [2.24, 2.45) is 11.8 Å². The number of benzene rings is 2. The molecule has 2 aromatic rings. The zero-order chi connectivity index (χ0) is 20.4. The van der Waals surface area contributed by atoms with Crippen molar-refractivity contribution < 1.29 is 14.7 Å². The van der Waals surface area contributed by atoms with Gasteiger partial charge >= 0.3 is 5.97 Å². The van der Waals surface area contributed by atoms with Crippen molar-refractivity contribution >= 4 is 11.9 Å². The van der Waals surface area contributed by atoms with Gasteiger partial charge in [-0.2, -0.15) is 0 Å². The lowest BCUT2D eigenvalue weighted by Gasteiger charge is -2.22. The highest BCUT2D eigenvalue weighted by Crippen LogP contribution is 2.37. The minimum Gasteiger partial charge on any atom is -0.481 e. The molecule has 0 radical (unpaired) electrons. The van der Waals surface area contributed by atoms with E-state index in [0.717, 1.165) is 29.8 Å². The summed E-state index contributed by atoms with van der Waals surface area (Å²) in [6, 6.07) is 15.5. The number of hydrogen-bond donors (Lipinski definition) is 1. The van der Waals surface area contributed by atoms with Gasteiger partial charge in [-0.3, -0.25) is 9.59 Å². The molecule has 0 spiro atoms. The van der Waals surface area contributed by atoms with Crippen LogP contribution in [0.15, 0.2) is 48.5 Å². The standard InChI is InChI=1S/C25H29NO3/c1-17(25(28)29)21-12-7-13-22(23(21)14-18-8-3-2-4-9-18)24(27)26-15-19-10-5-6-11-20(19)16-26/h2-4,7-9,12-13,17,19-20H,5-6,10-11,14-16H2,1H3,(H,28,29)/t17?,19-,20+. The van der Waals surface area contributed by atoms with Gasteiger partial charge in [0.15, 0.2) is 0 Å². The van der Waals surface area contributed by atoms with Crippen molar-refractivity contribution in [3.63, 3.8) is 0 Å². The number of carbonyl (C=O) groups excluding carboxylic acids is 1. The second-order valence-electron chi connectivity index (χ2n) is 8.61. The maximum atomic E-state index is 13.5. The Morgan fingerprint density at radius 3 is 2.28 bits per heavy atom. The Morgan fingerprint density at radius 1 is 1.00 bits per heavy atom. The number of hydrogen-bond acceptors (Lipinski definition) is 2. The molecule has 2 fully saturated rings. The van der Waals surface area contributed by atoms with E-state index < -0.39 is 11.9 Å². The van der Waals surface area contributed by atoms with Gasteiger partial charge in [-0.15, -0.1) is 0 Å². The second-order valence-corrected chi connectivity index (χ2v) is 8.61. The molecule has 1 heterocycles. The molecule has 1 aliphatic carbocycles. The van der Waals surface area contributed by atoms with Crippen LogP contribution in [0.5, 0.6) is 0 Å². The number of nitrogens with zero attached hydrogens (tertiary/aromatic N) is 1. The average molecular weight is 392 g/mol. The summed E-state index contributed by atoms with van der Waals surface area (Å²) in [7, 11) is 0. The smallest absolute Gasteiger partial charge is 0.310 e. The van der Waals surface area contributed by atoms with E-state index in [1.54, 1.807) is 6.92 Å². The molecular formula is C25H29NO3. The summed E-state index contributed by atoms with van der Waals surface area (Å²) in [6.07, 6.45) is 5.56. The molecule has 1 saturated carbocycles. The first-order valence-corrected chi connectivity index (χ1v) is 10.7. The molecule has 29 heavy (non-hydrogen) atoms. The molecule has 0 bridgehead atoms. The number of likely N-dealkylation sites (tertiary alicyclic amines) is 1. The molecule has 2 aromatic carbocycles.